The summed E-state index contributed by atoms with van der Waals surface area (Å²) in [5.74, 6) is 0.232. The van der Waals surface area contributed by atoms with Crippen molar-refractivity contribution < 1.29 is 4.79 Å². The van der Waals surface area contributed by atoms with E-state index in [4.69, 9.17) is 0 Å². The maximum Gasteiger partial charge on any atom is 0.178 e. The first kappa shape index (κ1) is 13.4. The van der Waals surface area contributed by atoms with Crippen LogP contribution in [0.4, 0.5) is 0 Å². The SMILES string of the molecule is Cc1ccc2[nH]cc(C(=O)CN3CCCC[C@@H]3C)c2c1. The van der Waals surface area contributed by atoms with Gasteiger partial charge in [-0.25, -0.2) is 0 Å². The van der Waals surface area contributed by atoms with Gasteiger partial charge in [-0.1, -0.05) is 18.1 Å². The van der Waals surface area contributed by atoms with Gasteiger partial charge in [0.15, 0.2) is 5.78 Å². The molecule has 20 heavy (non-hydrogen) atoms. The van der Waals surface area contributed by atoms with Gasteiger partial charge in [-0.2, -0.15) is 0 Å². The Hall–Kier alpha value is -1.61. The van der Waals surface area contributed by atoms with Gasteiger partial charge in [0.05, 0.1) is 6.54 Å². The average molecular weight is 270 g/mol. The number of rotatable bonds is 3. The molecule has 2 aromatic rings. The number of hydrogen-bond acceptors (Lipinski definition) is 2. The summed E-state index contributed by atoms with van der Waals surface area (Å²) in [5.41, 5.74) is 3.07. The number of carbonyl (C=O) groups is 1. The summed E-state index contributed by atoms with van der Waals surface area (Å²) in [5, 5.41) is 1.06. The molecule has 2 heterocycles. The van der Waals surface area contributed by atoms with E-state index in [1.54, 1.807) is 0 Å². The molecule has 0 radical (unpaired) electrons. The molecule has 1 aromatic heterocycles. The first-order valence-corrected chi connectivity index (χ1v) is 7.50. The second-order valence-electron chi connectivity index (χ2n) is 5.99. The molecule has 3 rings (SSSR count). The monoisotopic (exact) mass is 270 g/mol. The number of aromatic amines is 1. The lowest BCUT2D eigenvalue weighted by Crippen LogP contribution is -2.40. The Kier molecular flexibility index (Phi) is 3.62. The number of H-pyrrole nitrogens is 1. The Morgan fingerprint density at radius 1 is 1.40 bits per heavy atom. The highest BCUT2D eigenvalue weighted by Crippen LogP contribution is 2.22. The van der Waals surface area contributed by atoms with E-state index in [0.29, 0.717) is 12.6 Å². The van der Waals surface area contributed by atoms with E-state index in [1.165, 1.54) is 24.8 Å². The van der Waals surface area contributed by atoms with Crippen LogP contribution in [0.2, 0.25) is 0 Å². The Morgan fingerprint density at radius 2 is 2.25 bits per heavy atom. The molecule has 1 aromatic carbocycles. The third-order valence-corrected chi connectivity index (χ3v) is 4.42. The third kappa shape index (κ3) is 2.50. The normalized spacial score (nSPS) is 20.4. The van der Waals surface area contributed by atoms with Crippen LogP contribution < -0.4 is 0 Å². The van der Waals surface area contributed by atoms with E-state index in [0.717, 1.165) is 23.0 Å². The van der Waals surface area contributed by atoms with Crippen molar-refractivity contribution in [3.63, 3.8) is 0 Å². The van der Waals surface area contributed by atoms with Crippen molar-refractivity contribution in [1.29, 1.82) is 0 Å². The molecular formula is C17H22N2O. The number of nitrogens with zero attached hydrogens (tertiary/aromatic N) is 1. The van der Waals surface area contributed by atoms with Crippen molar-refractivity contribution >= 4 is 16.7 Å². The number of benzene rings is 1. The number of carbonyl (C=O) groups excluding carboxylic acids is 1. The molecular weight excluding hydrogens is 248 g/mol. The zero-order chi connectivity index (χ0) is 14.1. The summed E-state index contributed by atoms with van der Waals surface area (Å²) in [6.07, 6.45) is 5.57. The minimum absolute atomic E-state index is 0.232. The number of aromatic nitrogens is 1. The molecule has 1 aliphatic heterocycles. The molecule has 0 amide bonds. The zero-order valence-electron chi connectivity index (χ0n) is 12.3. The summed E-state index contributed by atoms with van der Waals surface area (Å²) >= 11 is 0. The Morgan fingerprint density at radius 3 is 3.05 bits per heavy atom. The van der Waals surface area contributed by atoms with Crippen molar-refractivity contribution in [3.05, 3.63) is 35.5 Å². The topological polar surface area (TPSA) is 36.1 Å². The van der Waals surface area contributed by atoms with Crippen LogP contribution in [0.5, 0.6) is 0 Å². The first-order chi connectivity index (χ1) is 9.65. The number of Topliss-reactive ketones (excluding diaryl/α,β-unsaturated/α-hetero) is 1. The second-order valence-corrected chi connectivity index (χ2v) is 5.99. The summed E-state index contributed by atoms with van der Waals surface area (Å²) < 4.78 is 0. The van der Waals surface area contributed by atoms with Crippen LogP contribution in [0.25, 0.3) is 10.9 Å². The fourth-order valence-electron chi connectivity index (χ4n) is 3.13. The van der Waals surface area contributed by atoms with Crippen LogP contribution in [0.1, 0.15) is 42.1 Å². The van der Waals surface area contributed by atoms with Crippen molar-refractivity contribution in [3.8, 4) is 0 Å². The van der Waals surface area contributed by atoms with Gasteiger partial charge in [-0.05, 0) is 45.4 Å². The van der Waals surface area contributed by atoms with Gasteiger partial charge in [-0.15, -0.1) is 0 Å². The number of hydrogen-bond donors (Lipinski definition) is 1. The number of likely N-dealkylation sites (tertiary alicyclic amines) is 1. The van der Waals surface area contributed by atoms with E-state index in [1.807, 2.05) is 12.3 Å². The predicted molar refractivity (Wildman–Crippen MR) is 82.3 cm³/mol. The number of nitrogens with one attached hydrogen (secondary N) is 1. The molecule has 0 saturated carbocycles. The fourth-order valence-corrected chi connectivity index (χ4v) is 3.13. The highest BCUT2D eigenvalue weighted by Gasteiger charge is 2.22. The van der Waals surface area contributed by atoms with Gasteiger partial charge in [0.2, 0.25) is 0 Å². The average Bonchev–Trinajstić information content (AvgIpc) is 2.84. The number of aryl methyl sites for hydroxylation is 1. The molecule has 0 aliphatic carbocycles. The van der Waals surface area contributed by atoms with Crippen molar-refractivity contribution in [2.75, 3.05) is 13.1 Å². The second kappa shape index (κ2) is 5.41. The quantitative estimate of drug-likeness (QED) is 0.866. The van der Waals surface area contributed by atoms with Crippen LogP contribution in [0.3, 0.4) is 0 Å². The standard InChI is InChI=1S/C17H22N2O/c1-12-6-7-16-14(9-12)15(10-18-16)17(20)11-19-8-4-3-5-13(19)2/h6-7,9-10,13,18H,3-5,8,11H2,1-2H3/t13-/m0/s1. The van der Waals surface area contributed by atoms with Crippen LogP contribution in [0.15, 0.2) is 24.4 Å². The zero-order valence-corrected chi connectivity index (χ0v) is 12.3. The highest BCUT2D eigenvalue weighted by atomic mass is 16.1. The lowest BCUT2D eigenvalue weighted by Gasteiger charge is -2.32. The van der Waals surface area contributed by atoms with Gasteiger partial charge < -0.3 is 4.98 Å². The van der Waals surface area contributed by atoms with E-state index in [-0.39, 0.29) is 5.78 Å². The first-order valence-electron chi connectivity index (χ1n) is 7.50. The van der Waals surface area contributed by atoms with Gasteiger partial charge in [0.25, 0.3) is 0 Å². The van der Waals surface area contributed by atoms with Gasteiger partial charge in [0.1, 0.15) is 0 Å². The third-order valence-electron chi connectivity index (χ3n) is 4.42. The lowest BCUT2D eigenvalue weighted by atomic mass is 10.0. The van der Waals surface area contributed by atoms with Crippen molar-refractivity contribution in [2.45, 2.75) is 39.2 Å². The Bertz CT molecular complexity index is 629. The largest absolute Gasteiger partial charge is 0.360 e. The van der Waals surface area contributed by atoms with E-state index >= 15 is 0 Å². The van der Waals surface area contributed by atoms with E-state index < -0.39 is 0 Å². The fraction of sp³-hybridized carbons (Fsp3) is 0.471. The summed E-state index contributed by atoms with van der Waals surface area (Å²) in [6, 6.07) is 6.74. The minimum atomic E-state index is 0.232. The molecule has 106 valence electrons. The molecule has 0 bridgehead atoms. The van der Waals surface area contributed by atoms with Crippen LogP contribution in [0, 0.1) is 6.92 Å². The Balaban J connectivity index is 1.83. The van der Waals surface area contributed by atoms with Crippen LogP contribution in [-0.2, 0) is 0 Å². The number of piperidine rings is 1. The molecule has 1 atom stereocenters. The minimum Gasteiger partial charge on any atom is -0.360 e. The molecule has 0 unspecified atom stereocenters. The molecule has 1 N–H and O–H groups in total. The predicted octanol–water partition coefficient (Wildman–Crippen LogP) is 3.53. The van der Waals surface area contributed by atoms with Gasteiger partial charge in [0, 0.05) is 28.7 Å². The molecule has 1 aliphatic rings. The van der Waals surface area contributed by atoms with Crippen molar-refractivity contribution in [2.24, 2.45) is 0 Å². The van der Waals surface area contributed by atoms with Crippen LogP contribution >= 0.6 is 0 Å². The molecule has 1 saturated heterocycles. The summed E-state index contributed by atoms with van der Waals surface area (Å²) in [4.78, 5) is 18.1. The van der Waals surface area contributed by atoms with E-state index in [2.05, 4.69) is 35.9 Å². The lowest BCUT2D eigenvalue weighted by molar-refractivity contribution is 0.0862. The highest BCUT2D eigenvalue weighted by molar-refractivity contribution is 6.08. The van der Waals surface area contributed by atoms with Crippen LogP contribution in [-0.4, -0.2) is 34.8 Å². The summed E-state index contributed by atoms with van der Waals surface area (Å²) in [6.45, 7) is 5.88. The molecule has 0 spiro atoms. The van der Waals surface area contributed by atoms with E-state index in [9.17, 15) is 4.79 Å². The molecule has 1 fully saturated rings. The number of fused-ring (bicyclic) bond motifs is 1. The maximum absolute atomic E-state index is 12.6. The maximum atomic E-state index is 12.6. The van der Waals surface area contributed by atoms with Gasteiger partial charge >= 0.3 is 0 Å². The smallest absolute Gasteiger partial charge is 0.178 e. The van der Waals surface area contributed by atoms with Crippen molar-refractivity contribution in [1.82, 2.24) is 9.88 Å². The number of ketones is 1. The van der Waals surface area contributed by atoms with Gasteiger partial charge in [-0.3, -0.25) is 9.69 Å². The Labute approximate surface area is 120 Å². The summed E-state index contributed by atoms with van der Waals surface area (Å²) in [7, 11) is 0. The molecule has 3 nitrogen and oxygen atoms in total. The molecule has 3 heteroatoms.